The zero-order chi connectivity index (χ0) is 20.5. The smallest absolute Gasteiger partial charge is 0.120 e. The van der Waals surface area contributed by atoms with Crippen LogP contribution < -0.4 is 0 Å². The second-order valence-corrected chi connectivity index (χ2v) is 7.44. The quantitative estimate of drug-likeness (QED) is 0.503. The van der Waals surface area contributed by atoms with Crippen molar-refractivity contribution in [2.24, 2.45) is 0 Å². The molecule has 3 aromatic rings. The third kappa shape index (κ3) is 5.63. The summed E-state index contributed by atoms with van der Waals surface area (Å²) in [5.74, 6) is 0. The molecule has 0 aliphatic rings. The van der Waals surface area contributed by atoms with Crippen molar-refractivity contribution in [3.05, 3.63) is 96.1 Å². The lowest BCUT2D eigenvalue weighted by Gasteiger charge is -2.34. The van der Waals surface area contributed by atoms with E-state index >= 15 is 0 Å². The normalized spacial score (nSPS) is 13.2. The van der Waals surface area contributed by atoms with Gasteiger partial charge in [0.25, 0.3) is 0 Å². The molecule has 150 valence electrons. The second kappa shape index (κ2) is 10.7. The summed E-state index contributed by atoms with van der Waals surface area (Å²) in [5, 5.41) is 10.0. The van der Waals surface area contributed by atoms with E-state index < -0.39 is 0 Å². The first-order valence-electron chi connectivity index (χ1n) is 10.2. The maximum absolute atomic E-state index is 11.0. The summed E-state index contributed by atoms with van der Waals surface area (Å²) in [6, 6.07) is 29.1. The summed E-state index contributed by atoms with van der Waals surface area (Å²) in [6.45, 7) is 0.0467. The molecule has 3 heteroatoms. The van der Waals surface area contributed by atoms with Crippen LogP contribution in [0.25, 0.3) is 11.1 Å². The fourth-order valence-corrected chi connectivity index (χ4v) is 3.85. The molecule has 29 heavy (non-hydrogen) atoms. The van der Waals surface area contributed by atoms with Crippen LogP contribution in [0.15, 0.2) is 84.9 Å². The van der Waals surface area contributed by atoms with Crippen molar-refractivity contribution < 1.29 is 9.90 Å². The minimum atomic E-state index is -0.0866. The van der Waals surface area contributed by atoms with E-state index in [9.17, 15) is 9.90 Å². The largest absolute Gasteiger partial charge is 0.394 e. The van der Waals surface area contributed by atoms with Crippen molar-refractivity contribution >= 4 is 6.29 Å². The number of benzene rings is 3. The van der Waals surface area contributed by atoms with Gasteiger partial charge in [0, 0.05) is 12.5 Å². The third-order valence-corrected chi connectivity index (χ3v) is 5.57. The molecule has 0 radical (unpaired) electrons. The molecule has 0 saturated carbocycles. The van der Waals surface area contributed by atoms with E-state index in [2.05, 4.69) is 41.3 Å². The lowest BCUT2D eigenvalue weighted by molar-refractivity contribution is -0.108. The van der Waals surface area contributed by atoms with Crippen LogP contribution in [0.5, 0.6) is 0 Å². The molecule has 0 aliphatic heterocycles. The van der Waals surface area contributed by atoms with Crippen LogP contribution in [0.4, 0.5) is 0 Å². The highest BCUT2D eigenvalue weighted by atomic mass is 16.3. The minimum absolute atomic E-state index is 0.0467. The lowest BCUT2D eigenvalue weighted by atomic mass is 9.96. The first-order valence-corrected chi connectivity index (χ1v) is 10.2. The molecule has 1 unspecified atom stereocenters. The first-order chi connectivity index (χ1) is 14.2. The Bertz CT molecular complexity index is 862. The molecule has 0 aromatic heterocycles. The van der Waals surface area contributed by atoms with Crippen molar-refractivity contribution in [2.45, 2.75) is 31.3 Å². The average Bonchev–Trinajstić information content (AvgIpc) is 2.79. The number of likely N-dealkylation sites (N-methyl/N-ethyl adjacent to an activating group) is 1. The molecule has 2 atom stereocenters. The van der Waals surface area contributed by atoms with Gasteiger partial charge in [-0.3, -0.25) is 4.90 Å². The summed E-state index contributed by atoms with van der Waals surface area (Å²) in [5.41, 5.74) is 4.73. The van der Waals surface area contributed by atoms with Gasteiger partial charge in [-0.2, -0.15) is 0 Å². The highest BCUT2D eigenvalue weighted by Gasteiger charge is 2.24. The van der Waals surface area contributed by atoms with Crippen molar-refractivity contribution in [2.75, 3.05) is 13.7 Å². The number of hydrogen-bond acceptors (Lipinski definition) is 3. The Morgan fingerprint density at radius 2 is 1.45 bits per heavy atom. The number of aliphatic hydroxyl groups excluding tert-OH is 1. The van der Waals surface area contributed by atoms with Gasteiger partial charge in [0.2, 0.25) is 0 Å². The Labute approximate surface area is 173 Å². The number of carbonyl (C=O) groups is 1. The Balaban J connectivity index is 1.77. The van der Waals surface area contributed by atoms with Crippen molar-refractivity contribution in [3.63, 3.8) is 0 Å². The zero-order valence-electron chi connectivity index (χ0n) is 16.9. The van der Waals surface area contributed by atoms with E-state index in [1.165, 1.54) is 16.7 Å². The molecular weight excluding hydrogens is 358 g/mol. The average molecular weight is 388 g/mol. The molecule has 0 saturated heterocycles. The Morgan fingerprint density at radius 1 is 0.862 bits per heavy atom. The summed E-state index contributed by atoms with van der Waals surface area (Å²) in [7, 11) is 2.04. The predicted octanol–water partition coefficient (Wildman–Crippen LogP) is 4.91. The number of rotatable bonds is 10. The van der Waals surface area contributed by atoms with Gasteiger partial charge in [0.15, 0.2) is 0 Å². The topological polar surface area (TPSA) is 40.5 Å². The molecule has 3 aromatic carbocycles. The van der Waals surface area contributed by atoms with E-state index in [-0.39, 0.29) is 18.7 Å². The molecule has 3 rings (SSSR count). The van der Waals surface area contributed by atoms with Gasteiger partial charge in [0.1, 0.15) is 6.29 Å². The summed E-state index contributed by atoms with van der Waals surface area (Å²) in [6.07, 6.45) is 3.10. The van der Waals surface area contributed by atoms with Crippen molar-refractivity contribution in [1.82, 2.24) is 4.90 Å². The second-order valence-electron chi connectivity index (χ2n) is 7.44. The molecule has 0 aliphatic carbocycles. The van der Waals surface area contributed by atoms with Crippen LogP contribution >= 0.6 is 0 Å². The third-order valence-electron chi connectivity index (χ3n) is 5.57. The number of aliphatic hydroxyl groups is 1. The summed E-state index contributed by atoms with van der Waals surface area (Å²) < 4.78 is 0. The van der Waals surface area contributed by atoms with Crippen LogP contribution in [0, 0.1) is 0 Å². The molecule has 1 N–H and O–H groups in total. The predicted molar refractivity (Wildman–Crippen MR) is 119 cm³/mol. The van der Waals surface area contributed by atoms with Crippen LogP contribution in [-0.4, -0.2) is 36.0 Å². The van der Waals surface area contributed by atoms with Crippen molar-refractivity contribution in [1.29, 1.82) is 0 Å². The molecule has 0 heterocycles. The number of nitrogens with zero attached hydrogens (tertiary/aromatic N) is 1. The Hall–Kier alpha value is -2.75. The number of hydrogen-bond donors (Lipinski definition) is 1. The van der Waals surface area contributed by atoms with Gasteiger partial charge in [-0.15, -0.1) is 0 Å². The maximum atomic E-state index is 11.0. The Morgan fingerprint density at radius 3 is 2.03 bits per heavy atom. The number of carbonyl (C=O) groups excluding carboxylic acids is 1. The SMILES string of the molecule is CN(C(CO)c1ccccc1)[C@@H](CCC=O)Cc1ccc(-c2ccccc2)cc1. The van der Waals surface area contributed by atoms with E-state index in [1.807, 2.05) is 55.6 Å². The monoisotopic (exact) mass is 387 g/mol. The highest BCUT2D eigenvalue weighted by molar-refractivity contribution is 5.63. The summed E-state index contributed by atoms with van der Waals surface area (Å²) in [4.78, 5) is 13.2. The molecule has 3 nitrogen and oxygen atoms in total. The van der Waals surface area contributed by atoms with Gasteiger partial charge in [-0.05, 0) is 42.1 Å². The van der Waals surface area contributed by atoms with Crippen molar-refractivity contribution in [3.8, 4) is 11.1 Å². The van der Waals surface area contributed by atoms with Gasteiger partial charge in [0.05, 0.1) is 12.6 Å². The van der Waals surface area contributed by atoms with Crippen LogP contribution in [0.1, 0.15) is 30.0 Å². The Kier molecular flexibility index (Phi) is 7.74. The standard InChI is InChI=1S/C26H29NO2/c1-27(26(20-29)24-11-6-3-7-12-24)25(13-8-18-28)19-21-14-16-23(17-15-21)22-9-4-2-5-10-22/h2-7,9-12,14-18,25-26,29H,8,13,19-20H2,1H3/t25-,26?/m0/s1. The van der Waals surface area contributed by atoms with Gasteiger partial charge < -0.3 is 9.90 Å². The highest BCUT2D eigenvalue weighted by Crippen LogP contribution is 2.26. The summed E-state index contributed by atoms with van der Waals surface area (Å²) >= 11 is 0. The molecule has 0 fully saturated rings. The van der Waals surface area contributed by atoms with Crippen LogP contribution in [0.2, 0.25) is 0 Å². The van der Waals surface area contributed by atoms with E-state index in [1.54, 1.807) is 0 Å². The van der Waals surface area contributed by atoms with Gasteiger partial charge in [-0.25, -0.2) is 0 Å². The molecular formula is C26H29NO2. The molecule has 0 bridgehead atoms. The van der Waals surface area contributed by atoms with Gasteiger partial charge in [-0.1, -0.05) is 84.9 Å². The fraction of sp³-hybridized carbons (Fsp3) is 0.269. The fourth-order valence-electron chi connectivity index (χ4n) is 3.85. The minimum Gasteiger partial charge on any atom is -0.394 e. The van der Waals surface area contributed by atoms with Crippen LogP contribution in [-0.2, 0) is 11.2 Å². The van der Waals surface area contributed by atoms with Gasteiger partial charge >= 0.3 is 0 Å². The molecule has 0 amide bonds. The first kappa shape index (κ1) is 21.0. The van der Waals surface area contributed by atoms with E-state index in [0.717, 1.165) is 24.7 Å². The zero-order valence-corrected chi connectivity index (χ0v) is 16.9. The maximum Gasteiger partial charge on any atom is 0.120 e. The molecule has 0 spiro atoms. The van der Waals surface area contributed by atoms with Crippen LogP contribution in [0.3, 0.4) is 0 Å². The number of aldehydes is 1. The van der Waals surface area contributed by atoms with E-state index in [0.29, 0.717) is 6.42 Å². The van der Waals surface area contributed by atoms with E-state index in [4.69, 9.17) is 0 Å². The lowest BCUT2D eigenvalue weighted by Crippen LogP contribution is -2.38.